The van der Waals surface area contributed by atoms with Gasteiger partial charge in [-0.15, -0.1) is 0 Å². The first-order valence-electron chi connectivity index (χ1n) is 16.3. The van der Waals surface area contributed by atoms with Crippen molar-refractivity contribution in [3.05, 3.63) is 72.1 Å². The Morgan fingerprint density at radius 2 is 1.08 bits per heavy atom. The summed E-state index contributed by atoms with van der Waals surface area (Å²) < 4.78 is 50.2. The van der Waals surface area contributed by atoms with E-state index < -0.39 is 23.6 Å². The average Bonchev–Trinajstić information content (AvgIpc) is 4.06. The molecule has 0 saturated heterocycles. The molecule has 2 saturated carbocycles. The van der Waals surface area contributed by atoms with Crippen LogP contribution in [0.15, 0.2) is 49.3 Å². The van der Waals surface area contributed by atoms with Crippen LogP contribution in [0.25, 0.3) is 44.6 Å². The Morgan fingerprint density at radius 1 is 0.673 bits per heavy atom. The highest BCUT2D eigenvalue weighted by molar-refractivity contribution is 6.06. The van der Waals surface area contributed by atoms with Gasteiger partial charge < -0.3 is 39.1 Å². The van der Waals surface area contributed by atoms with Gasteiger partial charge in [0.2, 0.25) is 0 Å². The van der Waals surface area contributed by atoms with E-state index in [4.69, 9.17) is 18.9 Å². The Bertz CT molecular complexity index is 2160. The van der Waals surface area contributed by atoms with Gasteiger partial charge in [0.15, 0.2) is 23.1 Å². The number of aromatic carboxylic acids is 2. The number of methoxy groups -OCH3 is 2. The number of H-pyrrole nitrogens is 2. The summed E-state index contributed by atoms with van der Waals surface area (Å²) in [4.78, 5) is 45.1. The van der Waals surface area contributed by atoms with E-state index in [1.54, 1.807) is 0 Å². The third kappa shape index (κ3) is 6.86. The molecule has 0 bridgehead atoms. The molecule has 8 rings (SSSR count). The van der Waals surface area contributed by atoms with Gasteiger partial charge in [-0.3, -0.25) is 0 Å². The molecule has 52 heavy (non-hydrogen) atoms. The van der Waals surface area contributed by atoms with Crippen LogP contribution in [0.4, 0.5) is 8.78 Å². The molecule has 2 aliphatic rings. The zero-order valence-corrected chi connectivity index (χ0v) is 27.9. The highest BCUT2D eigenvalue weighted by Gasteiger charge is 2.26. The second-order valence-electron chi connectivity index (χ2n) is 12.4. The Morgan fingerprint density at radius 3 is 1.42 bits per heavy atom. The van der Waals surface area contributed by atoms with E-state index in [9.17, 15) is 28.6 Å². The molecule has 0 radical (unpaired) electrons. The van der Waals surface area contributed by atoms with E-state index >= 15 is 0 Å². The molecule has 0 unspecified atom stereocenters. The number of aromatic nitrogens is 6. The molecular formula is C36H32F2N6O8. The topological polar surface area (TPSA) is 195 Å². The number of halogens is 2. The van der Waals surface area contributed by atoms with E-state index in [1.807, 2.05) is 0 Å². The van der Waals surface area contributed by atoms with Crippen LogP contribution in [0.2, 0.25) is 0 Å². The molecule has 268 valence electrons. The number of hydrogen-bond acceptors (Lipinski definition) is 10. The number of fused-ring (bicyclic) bond motifs is 2. The first-order valence-corrected chi connectivity index (χ1v) is 16.3. The molecule has 0 atom stereocenters. The Hall–Kier alpha value is -6.32. The lowest BCUT2D eigenvalue weighted by molar-refractivity contribution is 0.0688. The van der Waals surface area contributed by atoms with Gasteiger partial charge in [-0.2, -0.15) is 0 Å². The summed E-state index contributed by atoms with van der Waals surface area (Å²) in [5.74, 6) is -1.51. The van der Waals surface area contributed by atoms with Crippen molar-refractivity contribution >= 4 is 34.0 Å². The maximum atomic E-state index is 14.2. The molecule has 6 aromatic rings. The summed E-state index contributed by atoms with van der Waals surface area (Å²) in [6.07, 6.45) is 9.67. The van der Waals surface area contributed by atoms with E-state index in [0.29, 0.717) is 70.1 Å². The van der Waals surface area contributed by atoms with Crippen LogP contribution in [-0.4, -0.2) is 79.5 Å². The van der Waals surface area contributed by atoms with E-state index in [-0.39, 0.29) is 33.7 Å². The van der Waals surface area contributed by atoms with Gasteiger partial charge in [-0.05, 0) is 49.7 Å². The molecule has 4 heterocycles. The molecule has 4 N–H and O–H groups in total. The molecule has 16 heteroatoms. The van der Waals surface area contributed by atoms with Crippen molar-refractivity contribution in [1.82, 2.24) is 29.9 Å². The average molecular weight is 715 g/mol. The molecule has 2 aliphatic carbocycles. The minimum Gasteiger partial charge on any atom is -0.494 e. The number of rotatable bonds is 12. The van der Waals surface area contributed by atoms with Crippen molar-refractivity contribution in [3.8, 4) is 45.5 Å². The fourth-order valence-corrected chi connectivity index (χ4v) is 5.59. The highest BCUT2D eigenvalue weighted by Crippen LogP contribution is 2.41. The summed E-state index contributed by atoms with van der Waals surface area (Å²) >= 11 is 0. The monoisotopic (exact) mass is 714 g/mol. The Labute approximate surface area is 293 Å². The molecule has 14 nitrogen and oxygen atoms in total. The van der Waals surface area contributed by atoms with E-state index in [1.165, 1.54) is 63.5 Å². The van der Waals surface area contributed by atoms with Crippen LogP contribution in [0.1, 0.15) is 46.4 Å². The van der Waals surface area contributed by atoms with E-state index in [2.05, 4.69) is 29.9 Å². The summed E-state index contributed by atoms with van der Waals surface area (Å²) in [6, 6.07) is 5.54. The number of ether oxygens (including phenoxy) is 4. The van der Waals surface area contributed by atoms with Crippen LogP contribution in [-0.2, 0) is 0 Å². The summed E-state index contributed by atoms with van der Waals surface area (Å²) in [6.45, 7) is 0.996. The predicted octanol–water partition coefficient (Wildman–Crippen LogP) is 6.52. The molecule has 2 fully saturated rings. The lowest BCUT2D eigenvalue weighted by Crippen LogP contribution is -2.03. The molecular weight excluding hydrogens is 682 g/mol. The molecule has 2 aromatic carbocycles. The fourth-order valence-electron chi connectivity index (χ4n) is 5.59. The number of carbonyl (C=O) groups is 2. The maximum absolute atomic E-state index is 14.2. The van der Waals surface area contributed by atoms with Gasteiger partial charge in [0, 0.05) is 35.7 Å². The summed E-state index contributed by atoms with van der Waals surface area (Å²) in [7, 11) is 2.75. The largest absolute Gasteiger partial charge is 0.494 e. The lowest BCUT2D eigenvalue weighted by Gasteiger charge is -2.14. The Balaban J connectivity index is 0.000000162. The van der Waals surface area contributed by atoms with Crippen LogP contribution in [0.3, 0.4) is 0 Å². The third-order valence-corrected chi connectivity index (χ3v) is 8.75. The van der Waals surface area contributed by atoms with Crippen LogP contribution >= 0.6 is 0 Å². The number of benzene rings is 2. The van der Waals surface area contributed by atoms with Gasteiger partial charge in [-0.1, -0.05) is 0 Å². The molecule has 4 aromatic heterocycles. The second kappa shape index (κ2) is 14.1. The van der Waals surface area contributed by atoms with Gasteiger partial charge in [0.25, 0.3) is 0 Å². The zero-order valence-electron chi connectivity index (χ0n) is 27.9. The first kappa shape index (κ1) is 34.1. The van der Waals surface area contributed by atoms with Crippen molar-refractivity contribution in [2.45, 2.75) is 25.7 Å². The minimum absolute atomic E-state index is 0.0400. The number of nitrogens with zero attached hydrogens (tertiary/aromatic N) is 4. The third-order valence-electron chi connectivity index (χ3n) is 8.75. The molecule has 0 spiro atoms. The minimum atomic E-state index is -1.09. The SMILES string of the molecule is COc1cc(-c2ncnc3c(C(=O)O)c[nH]c23)c(OCC2CC2)cc1F.COc1cc(-c2ncnc3c(C(=O)O)c[nH]c23)c(OCC2CC2)cc1F. The smallest absolute Gasteiger partial charge is 0.339 e. The van der Waals surface area contributed by atoms with Crippen molar-refractivity contribution in [2.75, 3.05) is 27.4 Å². The standard InChI is InChI=1S/2C18H16FN3O4/c2*1-25-14-4-10(13(5-12(14)19)26-7-9-2-3-9)15-17-16(22-8-21-15)11(6-20-17)18(23)24/h2*4-6,8-9,20H,2-3,7H2,1H3,(H,23,24). The zero-order chi connectivity index (χ0) is 36.5. The van der Waals surface area contributed by atoms with Crippen molar-refractivity contribution < 1.29 is 47.5 Å². The van der Waals surface area contributed by atoms with Gasteiger partial charge in [-0.25, -0.2) is 38.3 Å². The van der Waals surface area contributed by atoms with Crippen molar-refractivity contribution in [3.63, 3.8) is 0 Å². The molecule has 0 amide bonds. The fraction of sp³-hybridized carbons (Fsp3) is 0.278. The number of nitrogens with one attached hydrogen (secondary N) is 2. The lowest BCUT2D eigenvalue weighted by atomic mass is 10.1. The van der Waals surface area contributed by atoms with Crippen molar-refractivity contribution in [2.24, 2.45) is 11.8 Å². The maximum Gasteiger partial charge on any atom is 0.339 e. The first-order chi connectivity index (χ1) is 25.2. The Kier molecular flexibility index (Phi) is 9.28. The quantitative estimate of drug-likeness (QED) is 0.107. The van der Waals surface area contributed by atoms with Crippen molar-refractivity contribution in [1.29, 1.82) is 0 Å². The molecule has 0 aliphatic heterocycles. The number of aromatic amines is 2. The number of carboxylic acids is 2. The van der Waals surface area contributed by atoms with Gasteiger partial charge in [0.05, 0.1) is 38.5 Å². The van der Waals surface area contributed by atoms with Crippen LogP contribution in [0.5, 0.6) is 23.0 Å². The normalized spacial score (nSPS) is 13.8. The predicted molar refractivity (Wildman–Crippen MR) is 182 cm³/mol. The summed E-state index contributed by atoms with van der Waals surface area (Å²) in [5.41, 5.74) is 3.38. The van der Waals surface area contributed by atoms with Gasteiger partial charge >= 0.3 is 11.9 Å². The number of hydrogen-bond donors (Lipinski definition) is 4. The summed E-state index contributed by atoms with van der Waals surface area (Å²) in [5, 5.41) is 18.6. The number of carboxylic acid groups (broad SMARTS) is 2. The van der Waals surface area contributed by atoms with E-state index in [0.717, 1.165) is 25.7 Å². The highest BCUT2D eigenvalue weighted by atomic mass is 19.1. The second-order valence-corrected chi connectivity index (χ2v) is 12.4. The van der Waals surface area contributed by atoms with Gasteiger partial charge in [0.1, 0.15) is 57.7 Å². The van der Waals surface area contributed by atoms with Crippen LogP contribution in [0, 0.1) is 23.5 Å². The van der Waals surface area contributed by atoms with Crippen LogP contribution < -0.4 is 18.9 Å².